The quantitative estimate of drug-likeness (QED) is 0.860. The Kier molecular flexibility index (Phi) is 3.97. The molecular weight excluding hydrogens is 250 g/mol. The maximum absolute atomic E-state index is 11.3. The summed E-state index contributed by atoms with van der Waals surface area (Å²) in [5.41, 5.74) is 3.29. The van der Waals surface area contributed by atoms with Gasteiger partial charge in [0.1, 0.15) is 0 Å². The average Bonchev–Trinajstić information content (AvgIpc) is 2.46. The lowest BCUT2D eigenvalue weighted by molar-refractivity contribution is 0.0696. The monoisotopic (exact) mass is 263 g/mol. The van der Waals surface area contributed by atoms with Gasteiger partial charge in [0, 0.05) is 11.6 Å². The Morgan fingerprint density at radius 2 is 1.70 bits per heavy atom. The van der Waals surface area contributed by atoms with E-state index in [-0.39, 0.29) is 5.56 Å². The van der Waals surface area contributed by atoms with Crippen LogP contribution in [0.5, 0.6) is 0 Å². The van der Waals surface area contributed by atoms with Gasteiger partial charge < -0.3 is 5.11 Å². The lowest BCUT2D eigenvalue weighted by Crippen LogP contribution is -2.02. The van der Waals surface area contributed by atoms with Gasteiger partial charge in [-0.2, -0.15) is 5.26 Å². The minimum Gasteiger partial charge on any atom is -0.478 e. The summed E-state index contributed by atoms with van der Waals surface area (Å²) in [6.07, 6.45) is 1.38. The maximum atomic E-state index is 11.3. The Bertz CT molecular complexity index is 707. The maximum Gasteiger partial charge on any atom is 0.336 e. The van der Waals surface area contributed by atoms with Crippen LogP contribution in [0.1, 0.15) is 27.0 Å². The Balaban J connectivity index is 2.62. The number of carboxylic acids is 1. The number of carboxylic acid groups (broad SMARTS) is 1. The van der Waals surface area contributed by atoms with E-state index in [4.69, 9.17) is 5.26 Å². The fraction of sp³-hybridized carbons (Fsp3) is 0.0588. The molecule has 3 nitrogen and oxygen atoms in total. The molecule has 98 valence electrons. The third-order valence-corrected chi connectivity index (χ3v) is 3.02. The van der Waals surface area contributed by atoms with Crippen molar-refractivity contribution in [2.45, 2.75) is 6.92 Å². The van der Waals surface area contributed by atoms with Crippen LogP contribution in [0, 0.1) is 18.3 Å². The largest absolute Gasteiger partial charge is 0.478 e. The summed E-state index contributed by atoms with van der Waals surface area (Å²) in [4.78, 5) is 11.3. The van der Waals surface area contributed by atoms with E-state index in [0.717, 1.165) is 11.1 Å². The number of hydrogen-bond donors (Lipinski definition) is 1. The first-order chi connectivity index (χ1) is 9.63. The second-order valence-electron chi connectivity index (χ2n) is 4.40. The third-order valence-electron chi connectivity index (χ3n) is 3.02. The summed E-state index contributed by atoms with van der Waals surface area (Å²) in [6.45, 7) is 1.97. The number of aromatic carboxylic acids is 1. The molecule has 0 bridgehead atoms. The molecule has 0 aromatic heterocycles. The number of nitriles is 1. The number of allylic oxidation sites excluding steroid dienone is 1. The smallest absolute Gasteiger partial charge is 0.336 e. The molecule has 20 heavy (non-hydrogen) atoms. The molecular formula is C17H13NO2. The lowest BCUT2D eigenvalue weighted by Gasteiger charge is -2.10. The standard InChI is InChI=1S/C17H13NO2/c1-12-6-8-13(9-7-12)14(10-11-18)15-4-2-3-5-16(15)17(19)20/h2-10H,1H3,(H,19,20). The van der Waals surface area contributed by atoms with Crippen LogP contribution in [-0.4, -0.2) is 11.1 Å². The topological polar surface area (TPSA) is 61.1 Å². The van der Waals surface area contributed by atoms with E-state index >= 15 is 0 Å². The average molecular weight is 263 g/mol. The van der Waals surface area contributed by atoms with Gasteiger partial charge in [0.05, 0.1) is 11.6 Å². The van der Waals surface area contributed by atoms with Crippen molar-refractivity contribution in [2.24, 2.45) is 0 Å². The zero-order valence-electron chi connectivity index (χ0n) is 11.0. The van der Waals surface area contributed by atoms with Crippen LogP contribution in [0.2, 0.25) is 0 Å². The van der Waals surface area contributed by atoms with Crippen molar-refractivity contribution in [3.05, 3.63) is 76.9 Å². The SMILES string of the molecule is Cc1ccc(C(=CC#N)c2ccccc2C(=O)O)cc1. The number of carbonyl (C=O) groups is 1. The second-order valence-corrected chi connectivity index (χ2v) is 4.40. The number of benzene rings is 2. The first-order valence-corrected chi connectivity index (χ1v) is 6.13. The Labute approximate surface area is 117 Å². The highest BCUT2D eigenvalue weighted by atomic mass is 16.4. The van der Waals surface area contributed by atoms with E-state index in [1.165, 1.54) is 12.1 Å². The molecule has 0 aliphatic carbocycles. The summed E-state index contributed by atoms with van der Waals surface area (Å²) >= 11 is 0. The van der Waals surface area contributed by atoms with Crippen molar-refractivity contribution in [1.29, 1.82) is 5.26 Å². The summed E-state index contributed by atoms with van der Waals surface area (Å²) in [7, 11) is 0. The van der Waals surface area contributed by atoms with Crippen LogP contribution in [0.25, 0.3) is 5.57 Å². The van der Waals surface area contributed by atoms with Crippen molar-refractivity contribution in [2.75, 3.05) is 0 Å². The molecule has 0 spiro atoms. The van der Waals surface area contributed by atoms with Crippen LogP contribution in [0.4, 0.5) is 0 Å². The normalized spacial score (nSPS) is 10.9. The van der Waals surface area contributed by atoms with E-state index in [9.17, 15) is 9.90 Å². The molecule has 0 saturated carbocycles. The Morgan fingerprint density at radius 3 is 2.25 bits per heavy atom. The van der Waals surface area contributed by atoms with Gasteiger partial charge in [-0.15, -0.1) is 0 Å². The summed E-state index contributed by atoms with van der Waals surface area (Å²) in [5.74, 6) is -1.00. The predicted octanol–water partition coefficient (Wildman–Crippen LogP) is 3.65. The molecule has 3 heteroatoms. The van der Waals surface area contributed by atoms with Crippen molar-refractivity contribution >= 4 is 11.5 Å². The fourth-order valence-electron chi connectivity index (χ4n) is 2.02. The van der Waals surface area contributed by atoms with E-state index in [1.807, 2.05) is 37.3 Å². The Hall–Kier alpha value is -2.86. The van der Waals surface area contributed by atoms with E-state index in [0.29, 0.717) is 11.1 Å². The van der Waals surface area contributed by atoms with Crippen LogP contribution >= 0.6 is 0 Å². The summed E-state index contributed by atoms with van der Waals surface area (Å²) in [6, 6.07) is 16.3. The van der Waals surface area contributed by atoms with Crippen molar-refractivity contribution in [1.82, 2.24) is 0 Å². The molecule has 0 aliphatic heterocycles. The number of aryl methyl sites for hydroxylation is 1. The van der Waals surface area contributed by atoms with Crippen LogP contribution in [0.3, 0.4) is 0 Å². The van der Waals surface area contributed by atoms with Crippen molar-refractivity contribution < 1.29 is 9.90 Å². The van der Waals surface area contributed by atoms with Gasteiger partial charge in [0.25, 0.3) is 0 Å². The highest BCUT2D eigenvalue weighted by molar-refractivity contribution is 5.97. The molecule has 2 rings (SSSR count). The second kappa shape index (κ2) is 5.85. The minimum atomic E-state index is -1.00. The zero-order chi connectivity index (χ0) is 14.5. The van der Waals surface area contributed by atoms with E-state index in [2.05, 4.69) is 0 Å². The Morgan fingerprint density at radius 1 is 1.10 bits per heavy atom. The van der Waals surface area contributed by atoms with E-state index < -0.39 is 5.97 Å². The van der Waals surface area contributed by atoms with Crippen LogP contribution < -0.4 is 0 Å². The number of hydrogen-bond acceptors (Lipinski definition) is 2. The lowest BCUT2D eigenvalue weighted by atomic mass is 9.93. The molecule has 0 saturated heterocycles. The molecule has 0 radical (unpaired) electrons. The number of rotatable bonds is 3. The molecule has 0 fully saturated rings. The third kappa shape index (κ3) is 2.76. The predicted molar refractivity (Wildman–Crippen MR) is 77.3 cm³/mol. The van der Waals surface area contributed by atoms with E-state index in [1.54, 1.807) is 18.2 Å². The van der Waals surface area contributed by atoms with Crippen molar-refractivity contribution in [3.8, 4) is 6.07 Å². The van der Waals surface area contributed by atoms with Crippen molar-refractivity contribution in [3.63, 3.8) is 0 Å². The molecule has 1 N–H and O–H groups in total. The minimum absolute atomic E-state index is 0.189. The first kappa shape index (κ1) is 13.6. The molecule has 0 aliphatic rings. The first-order valence-electron chi connectivity index (χ1n) is 6.13. The molecule has 0 atom stereocenters. The van der Waals surface area contributed by atoms with Gasteiger partial charge in [-0.05, 0) is 24.1 Å². The molecule has 2 aromatic rings. The molecule has 2 aromatic carbocycles. The molecule has 0 unspecified atom stereocenters. The summed E-state index contributed by atoms with van der Waals surface area (Å²) in [5, 5.41) is 18.2. The van der Waals surface area contributed by atoms with Gasteiger partial charge >= 0.3 is 5.97 Å². The van der Waals surface area contributed by atoms with Crippen LogP contribution in [-0.2, 0) is 0 Å². The highest BCUT2D eigenvalue weighted by Crippen LogP contribution is 2.26. The summed E-state index contributed by atoms with van der Waals surface area (Å²) < 4.78 is 0. The van der Waals surface area contributed by atoms with Gasteiger partial charge in [-0.3, -0.25) is 0 Å². The number of nitrogens with zero attached hydrogens (tertiary/aromatic N) is 1. The highest BCUT2D eigenvalue weighted by Gasteiger charge is 2.14. The van der Waals surface area contributed by atoms with Gasteiger partial charge in [0.2, 0.25) is 0 Å². The molecule has 0 heterocycles. The fourth-order valence-corrected chi connectivity index (χ4v) is 2.02. The van der Waals surface area contributed by atoms with Gasteiger partial charge in [-0.25, -0.2) is 4.79 Å². The van der Waals surface area contributed by atoms with Gasteiger partial charge in [0.15, 0.2) is 0 Å². The zero-order valence-corrected chi connectivity index (χ0v) is 11.0. The van der Waals surface area contributed by atoms with Crippen LogP contribution in [0.15, 0.2) is 54.6 Å². The van der Waals surface area contributed by atoms with Gasteiger partial charge in [-0.1, -0.05) is 48.0 Å². The molecule has 0 amide bonds.